The summed E-state index contributed by atoms with van der Waals surface area (Å²) < 4.78 is 0. The van der Waals surface area contributed by atoms with E-state index in [4.69, 9.17) is 0 Å². The number of pyridine rings is 1. The molecular formula is C18H19N5O. The molecule has 0 bridgehead atoms. The molecule has 6 heteroatoms. The first-order valence-corrected chi connectivity index (χ1v) is 8.00. The molecule has 2 aromatic heterocycles. The molecule has 0 spiro atoms. The highest BCUT2D eigenvalue weighted by Crippen LogP contribution is 2.23. The number of hydrogen-bond donors (Lipinski definition) is 2. The lowest BCUT2D eigenvalue weighted by Gasteiger charge is -2.08. The molecule has 122 valence electrons. The summed E-state index contributed by atoms with van der Waals surface area (Å²) in [6.07, 6.45) is 3.74. The molecule has 0 unspecified atom stereocenters. The fraction of sp³-hybridized carbons (Fsp3) is 0.222. The van der Waals surface area contributed by atoms with E-state index >= 15 is 0 Å². The molecule has 0 fully saturated rings. The van der Waals surface area contributed by atoms with Crippen molar-refractivity contribution < 1.29 is 4.79 Å². The summed E-state index contributed by atoms with van der Waals surface area (Å²) in [6.45, 7) is 2.73. The summed E-state index contributed by atoms with van der Waals surface area (Å²) >= 11 is 0. The number of aromatic nitrogens is 3. The van der Waals surface area contributed by atoms with E-state index < -0.39 is 0 Å². The smallest absolute Gasteiger partial charge is 0.271 e. The molecule has 0 aliphatic rings. The van der Waals surface area contributed by atoms with Crippen LogP contribution in [0.2, 0.25) is 0 Å². The van der Waals surface area contributed by atoms with Crippen LogP contribution in [0.25, 0.3) is 10.9 Å². The van der Waals surface area contributed by atoms with E-state index in [-0.39, 0.29) is 5.91 Å². The van der Waals surface area contributed by atoms with Crippen molar-refractivity contribution in [1.29, 1.82) is 0 Å². The van der Waals surface area contributed by atoms with Gasteiger partial charge in [-0.15, -0.1) is 10.2 Å². The molecule has 0 aliphatic carbocycles. The van der Waals surface area contributed by atoms with Crippen LogP contribution in [-0.2, 0) is 0 Å². The zero-order chi connectivity index (χ0) is 16.8. The van der Waals surface area contributed by atoms with E-state index in [0.29, 0.717) is 18.1 Å². The first kappa shape index (κ1) is 15.9. The zero-order valence-corrected chi connectivity index (χ0v) is 13.5. The topological polar surface area (TPSA) is 79.8 Å². The second-order valence-electron chi connectivity index (χ2n) is 5.42. The quantitative estimate of drug-likeness (QED) is 0.681. The molecular weight excluding hydrogens is 302 g/mol. The maximum Gasteiger partial charge on any atom is 0.271 e. The van der Waals surface area contributed by atoms with E-state index in [1.54, 1.807) is 18.3 Å². The van der Waals surface area contributed by atoms with Gasteiger partial charge in [-0.25, -0.2) is 0 Å². The van der Waals surface area contributed by atoms with Gasteiger partial charge in [-0.1, -0.05) is 31.5 Å². The second kappa shape index (κ2) is 7.50. The Bertz CT molecular complexity index is 827. The number of amides is 1. The van der Waals surface area contributed by atoms with Crippen LogP contribution in [0, 0.1) is 0 Å². The highest BCUT2D eigenvalue weighted by molar-refractivity contribution is 5.93. The summed E-state index contributed by atoms with van der Waals surface area (Å²) in [4.78, 5) is 16.3. The van der Waals surface area contributed by atoms with Crippen LogP contribution in [0.3, 0.4) is 0 Å². The molecule has 2 N–H and O–H groups in total. The normalized spacial score (nSPS) is 10.5. The Labute approximate surface area is 140 Å². The zero-order valence-electron chi connectivity index (χ0n) is 13.5. The number of anilines is 2. The third-order valence-corrected chi connectivity index (χ3v) is 3.61. The highest BCUT2D eigenvalue weighted by Gasteiger charge is 2.08. The Morgan fingerprint density at radius 2 is 1.96 bits per heavy atom. The van der Waals surface area contributed by atoms with Gasteiger partial charge in [0.15, 0.2) is 11.5 Å². The van der Waals surface area contributed by atoms with Crippen LogP contribution in [-0.4, -0.2) is 27.6 Å². The molecule has 24 heavy (non-hydrogen) atoms. The van der Waals surface area contributed by atoms with Crippen LogP contribution in [0.15, 0.2) is 48.7 Å². The van der Waals surface area contributed by atoms with Gasteiger partial charge < -0.3 is 10.6 Å². The number of para-hydroxylation sites is 1. The molecule has 1 aromatic carbocycles. The van der Waals surface area contributed by atoms with Crippen molar-refractivity contribution in [3.8, 4) is 0 Å². The lowest BCUT2D eigenvalue weighted by Crippen LogP contribution is -2.25. The fourth-order valence-electron chi connectivity index (χ4n) is 2.33. The number of carbonyl (C=O) groups is 1. The first-order chi connectivity index (χ1) is 11.8. The average Bonchev–Trinajstić information content (AvgIpc) is 2.63. The molecule has 3 rings (SSSR count). The lowest BCUT2D eigenvalue weighted by atomic mass is 10.2. The highest BCUT2D eigenvalue weighted by atomic mass is 16.1. The van der Waals surface area contributed by atoms with Crippen molar-refractivity contribution in [3.63, 3.8) is 0 Å². The van der Waals surface area contributed by atoms with Crippen LogP contribution >= 0.6 is 0 Å². The van der Waals surface area contributed by atoms with E-state index in [1.807, 2.05) is 30.3 Å². The molecule has 2 heterocycles. The van der Waals surface area contributed by atoms with E-state index in [1.165, 1.54) is 0 Å². The predicted octanol–water partition coefficient (Wildman–Crippen LogP) is 3.30. The van der Waals surface area contributed by atoms with E-state index in [9.17, 15) is 4.79 Å². The Hall–Kier alpha value is -3.02. The fourth-order valence-corrected chi connectivity index (χ4v) is 2.33. The number of nitrogens with zero attached hydrogens (tertiary/aromatic N) is 3. The van der Waals surface area contributed by atoms with Crippen LogP contribution in [0.5, 0.6) is 0 Å². The number of nitrogens with one attached hydrogen (secondary N) is 2. The maximum atomic E-state index is 11.9. The van der Waals surface area contributed by atoms with Crippen molar-refractivity contribution in [3.05, 3.63) is 54.4 Å². The minimum atomic E-state index is -0.200. The maximum absolute atomic E-state index is 11.9. The van der Waals surface area contributed by atoms with Gasteiger partial charge in [0.2, 0.25) is 0 Å². The molecule has 0 saturated carbocycles. The Balaban J connectivity index is 1.73. The molecule has 6 nitrogen and oxygen atoms in total. The van der Waals surface area contributed by atoms with Crippen molar-refractivity contribution in [2.24, 2.45) is 0 Å². The Kier molecular flexibility index (Phi) is 4.96. The number of unbranched alkanes of at least 4 members (excludes halogenated alkanes) is 1. The first-order valence-electron chi connectivity index (χ1n) is 8.00. The Morgan fingerprint density at radius 3 is 2.75 bits per heavy atom. The molecule has 0 saturated heterocycles. The van der Waals surface area contributed by atoms with Crippen molar-refractivity contribution in [2.45, 2.75) is 19.8 Å². The minimum Gasteiger partial charge on any atom is -0.351 e. The van der Waals surface area contributed by atoms with Gasteiger partial charge in [0, 0.05) is 18.1 Å². The summed E-state index contributed by atoms with van der Waals surface area (Å²) in [5.74, 6) is 0.368. The standard InChI is InChI=1S/C18H19N5O/c1-2-3-11-20-18(24)15-9-10-16(23-22-15)21-14-8-4-6-13-7-5-12-19-17(13)14/h4-10,12H,2-3,11H2,1H3,(H,20,24)(H,21,23). The number of fused-ring (bicyclic) bond motifs is 1. The lowest BCUT2D eigenvalue weighted by molar-refractivity contribution is 0.0947. The van der Waals surface area contributed by atoms with Crippen molar-refractivity contribution >= 4 is 28.3 Å². The summed E-state index contributed by atoms with van der Waals surface area (Å²) in [5.41, 5.74) is 2.03. The van der Waals surface area contributed by atoms with Gasteiger partial charge in [0.25, 0.3) is 5.91 Å². The second-order valence-corrected chi connectivity index (χ2v) is 5.42. The number of carbonyl (C=O) groups excluding carboxylic acids is 1. The number of hydrogen-bond acceptors (Lipinski definition) is 5. The third-order valence-electron chi connectivity index (χ3n) is 3.61. The monoisotopic (exact) mass is 321 g/mol. The van der Waals surface area contributed by atoms with Gasteiger partial charge in [-0.2, -0.15) is 0 Å². The number of benzene rings is 1. The van der Waals surface area contributed by atoms with Gasteiger partial charge >= 0.3 is 0 Å². The minimum absolute atomic E-state index is 0.200. The van der Waals surface area contributed by atoms with E-state index in [2.05, 4.69) is 32.7 Å². The summed E-state index contributed by atoms with van der Waals surface area (Å²) in [5, 5.41) is 15.1. The van der Waals surface area contributed by atoms with Gasteiger partial charge in [-0.05, 0) is 30.7 Å². The van der Waals surface area contributed by atoms with Crippen LogP contribution in [0.4, 0.5) is 11.5 Å². The molecule has 0 atom stereocenters. The predicted molar refractivity (Wildman–Crippen MR) is 94.3 cm³/mol. The van der Waals surface area contributed by atoms with Crippen LogP contribution < -0.4 is 10.6 Å². The van der Waals surface area contributed by atoms with Crippen molar-refractivity contribution in [1.82, 2.24) is 20.5 Å². The largest absolute Gasteiger partial charge is 0.351 e. The molecule has 3 aromatic rings. The number of rotatable bonds is 6. The molecule has 1 amide bonds. The summed E-state index contributed by atoms with van der Waals surface area (Å²) in [7, 11) is 0. The Morgan fingerprint density at radius 1 is 1.08 bits per heavy atom. The van der Waals surface area contributed by atoms with Gasteiger partial charge in [0.1, 0.15) is 0 Å². The van der Waals surface area contributed by atoms with E-state index in [0.717, 1.165) is 29.4 Å². The summed E-state index contributed by atoms with van der Waals surface area (Å²) in [6, 6.07) is 13.2. The average molecular weight is 321 g/mol. The third kappa shape index (κ3) is 3.65. The SMILES string of the molecule is CCCCNC(=O)c1ccc(Nc2cccc3cccnc23)nn1. The van der Waals surface area contributed by atoms with Gasteiger partial charge in [0.05, 0.1) is 11.2 Å². The van der Waals surface area contributed by atoms with Crippen LogP contribution in [0.1, 0.15) is 30.3 Å². The van der Waals surface area contributed by atoms with Gasteiger partial charge in [-0.3, -0.25) is 9.78 Å². The molecule has 0 radical (unpaired) electrons. The molecule has 0 aliphatic heterocycles. The van der Waals surface area contributed by atoms with Crippen molar-refractivity contribution in [2.75, 3.05) is 11.9 Å².